The molecular formula is C18H21N3O2. The molecule has 2 aliphatic heterocycles. The van der Waals surface area contributed by atoms with E-state index in [1.54, 1.807) is 7.11 Å². The van der Waals surface area contributed by atoms with E-state index in [-0.39, 0.29) is 11.3 Å². The number of benzene rings is 1. The van der Waals surface area contributed by atoms with Crippen LogP contribution in [0.5, 0.6) is 5.75 Å². The Morgan fingerprint density at radius 2 is 2.09 bits per heavy atom. The lowest BCUT2D eigenvalue weighted by Gasteiger charge is -2.39. The minimum Gasteiger partial charge on any atom is -0.494 e. The van der Waals surface area contributed by atoms with Gasteiger partial charge in [-0.3, -0.25) is 9.78 Å². The predicted octanol–water partition coefficient (Wildman–Crippen LogP) is 2.35. The molecule has 1 spiro atoms. The summed E-state index contributed by atoms with van der Waals surface area (Å²) < 4.78 is 5.43. The lowest BCUT2D eigenvalue weighted by molar-refractivity contribution is -0.119. The number of piperidine rings is 1. The smallest absolute Gasteiger partial charge is 0.220 e. The van der Waals surface area contributed by atoms with Crippen molar-refractivity contribution < 1.29 is 9.53 Å². The van der Waals surface area contributed by atoms with Crippen molar-refractivity contribution in [2.45, 2.75) is 19.3 Å². The van der Waals surface area contributed by atoms with E-state index >= 15 is 0 Å². The molecule has 2 aliphatic rings. The van der Waals surface area contributed by atoms with Crippen LogP contribution in [0.15, 0.2) is 30.5 Å². The number of pyridine rings is 1. The molecule has 120 valence electrons. The second kappa shape index (κ2) is 5.41. The molecule has 5 heteroatoms. The highest BCUT2D eigenvalue weighted by Gasteiger charge is 2.41. The Balaban J connectivity index is 1.62. The molecule has 0 saturated carbocycles. The van der Waals surface area contributed by atoms with Crippen LogP contribution in [-0.2, 0) is 4.79 Å². The largest absolute Gasteiger partial charge is 0.494 e. The van der Waals surface area contributed by atoms with E-state index in [4.69, 9.17) is 4.74 Å². The van der Waals surface area contributed by atoms with Crippen molar-refractivity contribution in [1.29, 1.82) is 0 Å². The van der Waals surface area contributed by atoms with Crippen LogP contribution in [0.2, 0.25) is 0 Å². The Bertz CT molecular complexity index is 751. The fourth-order valence-electron chi connectivity index (χ4n) is 3.90. The molecular weight excluding hydrogens is 290 g/mol. The Kier molecular flexibility index (Phi) is 3.36. The quantitative estimate of drug-likeness (QED) is 0.925. The zero-order chi connectivity index (χ0) is 15.9. The molecule has 1 amide bonds. The summed E-state index contributed by atoms with van der Waals surface area (Å²) >= 11 is 0. The Labute approximate surface area is 135 Å². The van der Waals surface area contributed by atoms with Crippen LogP contribution in [0.3, 0.4) is 0 Å². The van der Waals surface area contributed by atoms with Crippen molar-refractivity contribution in [2.24, 2.45) is 5.41 Å². The third kappa shape index (κ3) is 2.40. The molecule has 2 saturated heterocycles. The van der Waals surface area contributed by atoms with Crippen molar-refractivity contribution in [1.82, 2.24) is 10.3 Å². The van der Waals surface area contributed by atoms with E-state index in [0.717, 1.165) is 49.1 Å². The third-order valence-corrected chi connectivity index (χ3v) is 5.29. The number of fused-ring (bicyclic) bond motifs is 1. The highest BCUT2D eigenvalue weighted by atomic mass is 16.5. The summed E-state index contributed by atoms with van der Waals surface area (Å²) in [7, 11) is 1.68. The van der Waals surface area contributed by atoms with Gasteiger partial charge in [-0.25, -0.2) is 0 Å². The Hall–Kier alpha value is -2.30. The van der Waals surface area contributed by atoms with Crippen LogP contribution >= 0.6 is 0 Å². The minimum atomic E-state index is 0.175. The summed E-state index contributed by atoms with van der Waals surface area (Å²) in [6.07, 6.45) is 4.65. The third-order valence-electron chi connectivity index (χ3n) is 5.29. The standard InChI is InChI=1S/C18H21N3O2/c1-23-15-4-2-3-13-14(5-8-19-17(13)15)21-9-6-18(7-10-21)11-16(22)20-12-18/h2-5,8H,6-7,9-12H2,1H3,(H,20,22). The maximum absolute atomic E-state index is 11.6. The van der Waals surface area contributed by atoms with Gasteiger partial charge in [0.25, 0.3) is 0 Å². The van der Waals surface area contributed by atoms with Crippen molar-refractivity contribution in [3.63, 3.8) is 0 Å². The van der Waals surface area contributed by atoms with Crippen molar-refractivity contribution in [2.75, 3.05) is 31.6 Å². The van der Waals surface area contributed by atoms with Crippen molar-refractivity contribution >= 4 is 22.5 Å². The number of anilines is 1. The number of aromatic nitrogens is 1. The molecule has 2 fully saturated rings. The number of methoxy groups -OCH3 is 1. The number of nitrogens with zero attached hydrogens (tertiary/aromatic N) is 2. The van der Waals surface area contributed by atoms with Gasteiger partial charge in [0.2, 0.25) is 5.91 Å². The number of carbonyl (C=O) groups is 1. The molecule has 1 aromatic heterocycles. The number of carbonyl (C=O) groups excluding carboxylic acids is 1. The summed E-state index contributed by atoms with van der Waals surface area (Å²) in [5, 5.41) is 4.12. The average molecular weight is 311 g/mol. The van der Waals surface area contributed by atoms with Gasteiger partial charge in [-0.05, 0) is 30.4 Å². The van der Waals surface area contributed by atoms with E-state index in [1.807, 2.05) is 18.3 Å². The molecule has 5 nitrogen and oxygen atoms in total. The molecule has 3 heterocycles. The molecule has 1 N–H and O–H groups in total. The predicted molar refractivity (Wildman–Crippen MR) is 89.8 cm³/mol. The summed E-state index contributed by atoms with van der Waals surface area (Å²) in [5.74, 6) is 1.01. The van der Waals surface area contributed by atoms with Gasteiger partial charge in [0.05, 0.1) is 7.11 Å². The lowest BCUT2D eigenvalue weighted by Crippen LogP contribution is -2.41. The summed E-state index contributed by atoms with van der Waals surface area (Å²) in [4.78, 5) is 18.5. The van der Waals surface area contributed by atoms with Crippen LogP contribution in [-0.4, -0.2) is 37.6 Å². The van der Waals surface area contributed by atoms with Gasteiger partial charge in [-0.2, -0.15) is 0 Å². The highest BCUT2D eigenvalue weighted by Crippen LogP contribution is 2.40. The van der Waals surface area contributed by atoms with Crippen LogP contribution in [0, 0.1) is 5.41 Å². The first-order chi connectivity index (χ1) is 11.2. The van der Waals surface area contributed by atoms with Gasteiger partial charge >= 0.3 is 0 Å². The molecule has 0 aliphatic carbocycles. The number of rotatable bonds is 2. The zero-order valence-corrected chi connectivity index (χ0v) is 13.3. The van der Waals surface area contributed by atoms with Gasteiger partial charge < -0.3 is 15.0 Å². The lowest BCUT2D eigenvalue weighted by atomic mass is 9.77. The average Bonchev–Trinajstić information content (AvgIpc) is 2.95. The monoisotopic (exact) mass is 311 g/mol. The van der Waals surface area contributed by atoms with Crippen molar-refractivity contribution in [3.8, 4) is 5.75 Å². The zero-order valence-electron chi connectivity index (χ0n) is 13.3. The van der Waals surface area contributed by atoms with Gasteiger partial charge in [-0.15, -0.1) is 0 Å². The maximum Gasteiger partial charge on any atom is 0.220 e. The Morgan fingerprint density at radius 3 is 2.78 bits per heavy atom. The topological polar surface area (TPSA) is 54.5 Å². The van der Waals surface area contributed by atoms with E-state index in [2.05, 4.69) is 27.3 Å². The van der Waals surface area contributed by atoms with Gasteiger partial charge in [-0.1, -0.05) is 12.1 Å². The second-order valence-corrected chi connectivity index (χ2v) is 6.63. The first-order valence-corrected chi connectivity index (χ1v) is 8.14. The summed E-state index contributed by atoms with van der Waals surface area (Å²) in [6.45, 7) is 2.79. The molecule has 0 atom stereocenters. The molecule has 0 bridgehead atoms. The fraction of sp³-hybridized carbons (Fsp3) is 0.444. The summed E-state index contributed by atoms with van der Waals surface area (Å²) in [6, 6.07) is 8.14. The number of hydrogen-bond acceptors (Lipinski definition) is 4. The number of nitrogens with one attached hydrogen (secondary N) is 1. The van der Waals surface area contributed by atoms with E-state index in [9.17, 15) is 4.79 Å². The SMILES string of the molecule is COc1cccc2c(N3CCC4(CC3)CNC(=O)C4)ccnc12. The van der Waals surface area contributed by atoms with E-state index in [0.29, 0.717) is 6.42 Å². The second-order valence-electron chi connectivity index (χ2n) is 6.63. The van der Waals surface area contributed by atoms with Gasteiger partial charge in [0.1, 0.15) is 11.3 Å². The van der Waals surface area contributed by atoms with Crippen molar-refractivity contribution in [3.05, 3.63) is 30.5 Å². The molecule has 2 aromatic rings. The van der Waals surface area contributed by atoms with Crippen LogP contribution in [0.1, 0.15) is 19.3 Å². The number of para-hydroxylation sites is 1. The highest BCUT2D eigenvalue weighted by molar-refractivity contribution is 5.95. The van der Waals surface area contributed by atoms with Gasteiger partial charge in [0.15, 0.2) is 0 Å². The Morgan fingerprint density at radius 1 is 1.26 bits per heavy atom. The molecule has 0 unspecified atom stereocenters. The van der Waals surface area contributed by atoms with E-state index < -0.39 is 0 Å². The minimum absolute atomic E-state index is 0.175. The van der Waals surface area contributed by atoms with Gasteiger partial charge in [0, 0.05) is 43.3 Å². The first-order valence-electron chi connectivity index (χ1n) is 8.14. The van der Waals surface area contributed by atoms with E-state index in [1.165, 1.54) is 5.69 Å². The fourth-order valence-corrected chi connectivity index (χ4v) is 3.90. The first kappa shape index (κ1) is 14.3. The maximum atomic E-state index is 11.6. The number of amides is 1. The van der Waals surface area contributed by atoms with Crippen LogP contribution in [0.25, 0.3) is 10.9 Å². The van der Waals surface area contributed by atoms with Crippen LogP contribution in [0.4, 0.5) is 5.69 Å². The molecule has 4 rings (SSSR count). The molecule has 23 heavy (non-hydrogen) atoms. The van der Waals surface area contributed by atoms with Crippen LogP contribution < -0.4 is 15.0 Å². The number of hydrogen-bond donors (Lipinski definition) is 1. The molecule has 0 radical (unpaired) electrons. The molecule has 1 aromatic carbocycles. The number of ether oxygens (including phenoxy) is 1. The normalized spacial score (nSPS) is 20.0. The summed E-state index contributed by atoms with van der Waals surface area (Å²) in [5.41, 5.74) is 2.29.